The highest BCUT2D eigenvalue weighted by Gasteiger charge is 2.38. The average molecular weight is 1220 g/mol. The molecule has 0 aromatic heterocycles. The van der Waals surface area contributed by atoms with Crippen LogP contribution >= 0.6 is 23.5 Å². The summed E-state index contributed by atoms with van der Waals surface area (Å²) in [5, 5.41) is 46.7. The highest BCUT2D eigenvalue weighted by molar-refractivity contribution is 8.02. The van der Waals surface area contributed by atoms with Gasteiger partial charge in [-0.2, -0.15) is 23.5 Å². The van der Waals surface area contributed by atoms with Crippen LogP contribution in [0.15, 0.2) is 48.5 Å². The van der Waals surface area contributed by atoms with Crippen molar-refractivity contribution in [2.24, 2.45) is 10.8 Å². The molecule has 0 aliphatic heterocycles. The highest BCUT2D eigenvalue weighted by atomic mass is 32.2. The van der Waals surface area contributed by atoms with E-state index in [9.17, 15) is 30.0 Å². The monoisotopic (exact) mass is 1220 g/mol. The molecule has 86 heavy (non-hydrogen) atoms. The molecule has 0 aliphatic rings. The number of phenolic OH excluding ortho intramolecular Hbond substituents is 4. The van der Waals surface area contributed by atoms with E-state index < -0.39 is 10.8 Å². The molecule has 0 aliphatic carbocycles. The maximum Gasteiger partial charge on any atom is 0.306 e. The Morgan fingerprint density at radius 3 is 0.651 bits per heavy atom. The van der Waals surface area contributed by atoms with Crippen LogP contribution in [-0.4, -0.2) is 68.6 Å². The second-order valence-corrected chi connectivity index (χ2v) is 36.1. The predicted octanol–water partition coefficient (Wildman–Crippen LogP) is 19.3. The molecule has 0 heterocycles. The predicted molar refractivity (Wildman–Crippen MR) is 368 cm³/mol. The third kappa shape index (κ3) is 20.1. The Labute approximate surface area is 532 Å². The van der Waals surface area contributed by atoms with Crippen LogP contribution in [0.3, 0.4) is 0 Å². The number of aromatic hydroxyl groups is 4. The summed E-state index contributed by atoms with van der Waals surface area (Å²) in [5.74, 6) is 3.79. The number of benzene rings is 4. The molecule has 4 aromatic carbocycles. The summed E-state index contributed by atoms with van der Waals surface area (Å²) in [7, 11) is 0. The fraction of sp³-hybridized carbons (Fsp3) is 0.658. The summed E-state index contributed by atoms with van der Waals surface area (Å²) < 4.78 is 12.7. The molecular weight excluding hydrogens is 1100 g/mol. The topological polar surface area (TPSA) is 134 Å². The van der Waals surface area contributed by atoms with Crippen molar-refractivity contribution in [3.05, 3.63) is 115 Å². The van der Waals surface area contributed by atoms with Crippen molar-refractivity contribution < 1.29 is 39.5 Å². The minimum absolute atomic E-state index is 0.228. The summed E-state index contributed by atoms with van der Waals surface area (Å²) in [4.78, 5) is 27.6. The van der Waals surface area contributed by atoms with Gasteiger partial charge in [0, 0.05) is 33.8 Å². The van der Waals surface area contributed by atoms with Gasteiger partial charge in [-0.25, -0.2) is 0 Å². The van der Waals surface area contributed by atoms with Crippen molar-refractivity contribution in [3.8, 4) is 23.0 Å². The molecule has 0 saturated heterocycles. The molecule has 4 N–H and O–H groups in total. The number of hydrogen-bond acceptors (Lipinski definition) is 10. The van der Waals surface area contributed by atoms with Gasteiger partial charge in [-0.05, 0) is 149 Å². The maximum atomic E-state index is 13.8. The molecule has 0 unspecified atom stereocenters. The third-order valence-corrected chi connectivity index (χ3v) is 19.5. The Morgan fingerprint density at radius 2 is 0.500 bits per heavy atom. The fourth-order valence-corrected chi connectivity index (χ4v) is 13.7. The van der Waals surface area contributed by atoms with Gasteiger partial charge >= 0.3 is 11.9 Å². The number of esters is 2. The molecular formula is C76H118O8S2. The van der Waals surface area contributed by atoms with Gasteiger partial charge in [-0.3, -0.25) is 9.59 Å². The van der Waals surface area contributed by atoms with Gasteiger partial charge in [0.05, 0.1) is 26.1 Å². The molecule has 0 fully saturated rings. The van der Waals surface area contributed by atoms with Gasteiger partial charge in [0.15, 0.2) is 0 Å². The summed E-state index contributed by atoms with van der Waals surface area (Å²) in [6.07, 6.45) is 4.56. The lowest BCUT2D eigenvalue weighted by Crippen LogP contribution is -2.34. The number of rotatable bonds is 23. The van der Waals surface area contributed by atoms with E-state index in [2.05, 4.69) is 229 Å². The van der Waals surface area contributed by atoms with Crippen LogP contribution in [0.25, 0.3) is 0 Å². The molecule has 0 saturated carbocycles. The van der Waals surface area contributed by atoms with E-state index in [0.717, 1.165) is 91.1 Å². The third-order valence-electron chi connectivity index (χ3n) is 17.3. The number of carbonyl (C=O) groups excluding carboxylic acids is 2. The zero-order valence-corrected chi connectivity index (χ0v) is 60.4. The zero-order chi connectivity index (χ0) is 65.8. The van der Waals surface area contributed by atoms with E-state index in [1.54, 1.807) is 23.5 Å². The minimum atomic E-state index is -0.487. The van der Waals surface area contributed by atoms with Crippen molar-refractivity contribution in [3.63, 3.8) is 0 Å². The van der Waals surface area contributed by atoms with Crippen molar-refractivity contribution in [2.45, 2.75) is 275 Å². The van der Waals surface area contributed by atoms with E-state index in [4.69, 9.17) is 9.47 Å². The quantitative estimate of drug-likeness (QED) is 0.0420. The molecule has 0 bridgehead atoms. The van der Waals surface area contributed by atoms with Gasteiger partial charge in [0.25, 0.3) is 0 Å². The summed E-state index contributed by atoms with van der Waals surface area (Å²) in [5.41, 5.74) is 8.23. The average Bonchev–Trinajstić information content (AvgIpc) is 0.886. The van der Waals surface area contributed by atoms with Crippen LogP contribution in [0.4, 0.5) is 0 Å². The van der Waals surface area contributed by atoms with Crippen molar-refractivity contribution >= 4 is 35.5 Å². The number of thioether (sulfide) groups is 2. The maximum absolute atomic E-state index is 13.8. The lowest BCUT2D eigenvalue weighted by Gasteiger charge is -2.36. The number of phenols is 4. The normalized spacial score (nSPS) is 13.6. The van der Waals surface area contributed by atoms with Crippen LogP contribution in [0.5, 0.6) is 23.0 Å². The molecule has 482 valence electrons. The number of carbonyl (C=O) groups is 2. The SMILES string of the molecule is CCC(COC(=O)CCSCCSCCC(=O)OCC(CC)(Cc1cc(C(C)(C)C)c(O)c(C(C)(C)C)c1)Cc1cc(C(C)(C)C)c(O)c(C(C)(C)C)c1)(Cc1cc(C(C)(C)C)c(O)c(C(C)(C)C)c1)Cc1cc(C(C)(C)C)c(O)c(C(C)(C)C)c1. The first-order chi connectivity index (χ1) is 39.0. The fourth-order valence-electron chi connectivity index (χ4n) is 11.8. The summed E-state index contributed by atoms with van der Waals surface area (Å²) in [6.45, 7) is 56.0. The van der Waals surface area contributed by atoms with Gasteiger partial charge in [0.2, 0.25) is 0 Å². The van der Waals surface area contributed by atoms with Gasteiger partial charge in [-0.1, -0.05) is 229 Å². The summed E-state index contributed by atoms with van der Waals surface area (Å²) in [6, 6.07) is 17.2. The van der Waals surface area contributed by atoms with Crippen molar-refractivity contribution in [1.29, 1.82) is 0 Å². The first-order valence-corrected chi connectivity index (χ1v) is 34.2. The zero-order valence-electron chi connectivity index (χ0n) is 58.8. The highest BCUT2D eigenvalue weighted by Crippen LogP contribution is 2.48. The van der Waals surface area contributed by atoms with E-state index in [1.165, 1.54) is 0 Å². The molecule has 4 aromatic rings. The Balaban J connectivity index is 1.49. The summed E-state index contributed by atoms with van der Waals surface area (Å²) >= 11 is 3.43. The van der Waals surface area contributed by atoms with Crippen LogP contribution in [0.1, 0.15) is 272 Å². The molecule has 10 heteroatoms. The van der Waals surface area contributed by atoms with Crippen LogP contribution in [0, 0.1) is 10.8 Å². The second kappa shape index (κ2) is 27.9. The molecule has 0 amide bonds. The lowest BCUT2D eigenvalue weighted by atomic mass is 9.71. The number of hydrogen-bond donors (Lipinski definition) is 4. The van der Waals surface area contributed by atoms with Crippen molar-refractivity contribution in [1.82, 2.24) is 0 Å². The van der Waals surface area contributed by atoms with E-state index >= 15 is 0 Å². The molecule has 0 spiro atoms. The number of ether oxygens (including phenoxy) is 2. The van der Waals surface area contributed by atoms with Gasteiger partial charge < -0.3 is 29.9 Å². The van der Waals surface area contributed by atoms with Gasteiger partial charge in [-0.15, -0.1) is 0 Å². The van der Waals surface area contributed by atoms with Crippen molar-refractivity contribution in [2.75, 3.05) is 36.2 Å². The van der Waals surface area contributed by atoms with Crippen LogP contribution in [0.2, 0.25) is 0 Å². The Morgan fingerprint density at radius 1 is 0.326 bits per heavy atom. The van der Waals surface area contributed by atoms with E-state index in [0.29, 0.717) is 60.2 Å². The van der Waals surface area contributed by atoms with Crippen LogP contribution < -0.4 is 0 Å². The first-order valence-electron chi connectivity index (χ1n) is 31.9. The lowest BCUT2D eigenvalue weighted by molar-refractivity contribution is -0.147. The van der Waals surface area contributed by atoms with E-state index in [1.807, 2.05) is 0 Å². The molecule has 0 radical (unpaired) electrons. The standard InChI is InChI=1S/C76H118O8S2/c1-27-75(43-49-35-53(67(3,4)5)63(79)54(36-49)68(6,7)8,44-50-37-55(69(9,10)11)64(80)56(38-50)70(12,13)14)47-83-61(77)29-31-85-33-34-86-32-30-62(78)84-48-76(28-2,45-51-39-57(71(15,16)17)65(81)58(40-51)72(18,19)20)46-52-41-59(73(21,22)23)66(82)60(42-52)74(24,25)26/h35-42,79-82H,27-34,43-48H2,1-26H3. The molecule has 8 nitrogen and oxygen atoms in total. The van der Waals surface area contributed by atoms with E-state index in [-0.39, 0.29) is 81.3 Å². The Bertz CT molecular complexity index is 2450. The minimum Gasteiger partial charge on any atom is -0.507 e. The molecule has 4 rings (SSSR count). The second-order valence-electron chi connectivity index (χ2n) is 33.6. The Hall–Kier alpha value is -4.28. The van der Waals surface area contributed by atoms with Crippen LogP contribution in [-0.2, 0) is 88.1 Å². The Kier molecular flexibility index (Phi) is 24.0. The van der Waals surface area contributed by atoms with Gasteiger partial charge in [0.1, 0.15) is 23.0 Å². The largest absolute Gasteiger partial charge is 0.507 e. The smallest absolute Gasteiger partial charge is 0.306 e. The molecule has 0 atom stereocenters. The first kappa shape index (κ1) is 74.2.